The Morgan fingerprint density at radius 2 is 0.778 bits per heavy atom. The molecule has 0 fully saturated rings. The third-order valence-electron chi connectivity index (χ3n) is 6.89. The number of phenols is 2. The van der Waals surface area contributed by atoms with E-state index in [0.29, 0.717) is 17.9 Å². The first kappa shape index (κ1) is 36.6. The van der Waals surface area contributed by atoms with Crippen LogP contribution in [0.5, 0.6) is 11.5 Å². The smallest absolute Gasteiger partial charge is 0.122 e. The molecule has 4 nitrogen and oxygen atoms in total. The largest absolute Gasteiger partial charge is 0.507 e. The molecule has 0 spiro atoms. The van der Waals surface area contributed by atoms with E-state index in [9.17, 15) is 10.2 Å². The first-order valence-electron chi connectivity index (χ1n) is 13.8. The van der Waals surface area contributed by atoms with Crippen LogP contribution in [0.4, 0.5) is 0 Å². The average molecular weight is 548 g/mol. The van der Waals surface area contributed by atoms with E-state index in [-0.39, 0.29) is 27.7 Å². The zero-order valence-corrected chi connectivity index (χ0v) is 23.8. The molecule has 0 aromatic heterocycles. The molecule has 0 aliphatic carbocycles. The summed E-state index contributed by atoms with van der Waals surface area (Å²) in [5.74, 6) is 0.834. The number of hydrogen-bond acceptors (Lipinski definition) is 2. The minimum absolute atomic E-state index is 0. The summed E-state index contributed by atoms with van der Waals surface area (Å²) >= 11 is 0. The van der Waals surface area contributed by atoms with E-state index in [1.54, 1.807) is 0 Å². The molecule has 0 aliphatic heterocycles. The molecule has 5 heteroatoms. The van der Waals surface area contributed by atoms with Crippen LogP contribution < -0.4 is 0 Å². The summed E-state index contributed by atoms with van der Waals surface area (Å²) in [5, 5.41) is 21.7. The summed E-state index contributed by atoms with van der Waals surface area (Å²) in [5.41, 5.74) is 3.91. The minimum atomic E-state index is 0. The molecule has 0 heterocycles. The molecule has 0 atom stereocenters. The fraction of sp³-hybridized carbons (Fsp3) is 0.613. The number of phenolic OH excluding ortho intramolecular Hbond substituents is 2. The second kappa shape index (κ2) is 22.6. The molecule has 0 unspecified atom stereocenters. The molecule has 2 aromatic carbocycles. The zero-order valence-electron chi connectivity index (χ0n) is 22.7. The van der Waals surface area contributed by atoms with Crippen molar-refractivity contribution in [2.45, 2.75) is 123 Å². The van der Waals surface area contributed by atoms with Gasteiger partial charge in [0, 0.05) is 23.2 Å². The van der Waals surface area contributed by atoms with Gasteiger partial charge in [-0.05, 0) is 47.9 Å². The molecule has 1 radical (unpaired) electrons. The van der Waals surface area contributed by atoms with Gasteiger partial charge in [-0.2, -0.15) is 0 Å². The van der Waals surface area contributed by atoms with Crippen LogP contribution in [-0.2, 0) is 36.0 Å². The van der Waals surface area contributed by atoms with Gasteiger partial charge < -0.3 is 21.2 Å². The van der Waals surface area contributed by atoms with Gasteiger partial charge in [-0.1, -0.05) is 127 Å². The van der Waals surface area contributed by atoms with E-state index in [2.05, 4.69) is 13.8 Å². The molecule has 0 aliphatic rings. The van der Waals surface area contributed by atoms with E-state index >= 15 is 0 Å². The Hall–Kier alpha value is -1.53. The van der Waals surface area contributed by atoms with E-state index in [0.717, 1.165) is 47.9 Å². The number of aromatic hydroxyl groups is 2. The van der Waals surface area contributed by atoms with Crippen molar-refractivity contribution in [2.75, 3.05) is 0 Å². The van der Waals surface area contributed by atoms with Crippen LogP contribution in [0.1, 0.15) is 126 Å². The Kier molecular flexibility index (Phi) is 23.0. The van der Waals surface area contributed by atoms with Crippen molar-refractivity contribution < 1.29 is 37.9 Å². The summed E-state index contributed by atoms with van der Waals surface area (Å²) in [7, 11) is 0. The third kappa shape index (κ3) is 13.7. The van der Waals surface area contributed by atoms with Crippen LogP contribution in [0.25, 0.3) is 0 Å². The maximum absolute atomic E-state index is 10.9. The van der Waals surface area contributed by atoms with Gasteiger partial charge in [-0.25, -0.2) is 0 Å². The van der Waals surface area contributed by atoms with Gasteiger partial charge in [0.15, 0.2) is 0 Å². The van der Waals surface area contributed by atoms with Crippen molar-refractivity contribution in [1.29, 1.82) is 0 Å². The molecule has 0 bridgehead atoms. The summed E-state index contributed by atoms with van der Waals surface area (Å²) < 4.78 is 0. The van der Waals surface area contributed by atoms with Crippen LogP contribution in [0.15, 0.2) is 36.4 Å². The first-order valence-corrected chi connectivity index (χ1v) is 13.8. The summed E-state index contributed by atoms with van der Waals surface area (Å²) in [6.45, 7) is 4.50. The van der Waals surface area contributed by atoms with Gasteiger partial charge in [-0.15, -0.1) is 0 Å². The Balaban J connectivity index is 0. The molecular weight excluding hydrogens is 495 g/mol. The molecule has 36 heavy (non-hydrogen) atoms. The Labute approximate surface area is 230 Å². The van der Waals surface area contributed by atoms with Gasteiger partial charge >= 0.3 is 0 Å². The molecule has 209 valence electrons. The predicted molar refractivity (Wildman–Crippen MR) is 150 cm³/mol. The fourth-order valence-corrected chi connectivity index (χ4v) is 4.73. The topological polar surface area (TPSA) is 103 Å². The minimum Gasteiger partial charge on any atom is -0.507 e. The van der Waals surface area contributed by atoms with Crippen molar-refractivity contribution in [2.24, 2.45) is 0 Å². The maximum Gasteiger partial charge on any atom is 0.122 e. The van der Waals surface area contributed by atoms with Gasteiger partial charge in [0.25, 0.3) is 0 Å². The van der Waals surface area contributed by atoms with Crippen LogP contribution >= 0.6 is 0 Å². The predicted octanol–water partition coefficient (Wildman–Crippen LogP) is 7.62. The van der Waals surface area contributed by atoms with Gasteiger partial charge in [-0.3, -0.25) is 0 Å². The third-order valence-corrected chi connectivity index (χ3v) is 6.89. The van der Waals surface area contributed by atoms with Crippen molar-refractivity contribution in [1.82, 2.24) is 0 Å². The number of hydrogen-bond donors (Lipinski definition) is 2. The molecule has 0 amide bonds. The second-order valence-corrected chi connectivity index (χ2v) is 9.77. The zero-order chi connectivity index (χ0) is 23.7. The Bertz CT molecular complexity index is 729. The number of aryl methyl sites for hydroxylation is 2. The van der Waals surface area contributed by atoms with E-state index in [1.165, 1.54) is 77.0 Å². The SMILES string of the molecule is CCCCCCCCCc1cccc(Cc2cccc(CCCCCCCCC)c2O)c1O.O.O.[Co]. The van der Waals surface area contributed by atoms with E-state index < -0.39 is 0 Å². The number of benzene rings is 2. The second-order valence-electron chi connectivity index (χ2n) is 9.77. The number of unbranched alkanes of at least 4 members (excludes halogenated alkanes) is 12. The molecule has 2 rings (SSSR count). The number of rotatable bonds is 18. The van der Waals surface area contributed by atoms with Crippen molar-refractivity contribution in [3.05, 3.63) is 58.7 Å². The molecule has 2 aromatic rings. The molecule has 0 saturated heterocycles. The molecular formula is C31H52CoO4. The fourth-order valence-electron chi connectivity index (χ4n) is 4.73. The van der Waals surface area contributed by atoms with Gasteiger partial charge in [0.1, 0.15) is 11.5 Å². The molecule has 0 saturated carbocycles. The maximum atomic E-state index is 10.9. The van der Waals surface area contributed by atoms with Gasteiger partial charge in [0.2, 0.25) is 0 Å². The summed E-state index contributed by atoms with van der Waals surface area (Å²) in [6, 6.07) is 12.2. The van der Waals surface area contributed by atoms with E-state index in [1.807, 2.05) is 36.4 Å². The van der Waals surface area contributed by atoms with Crippen molar-refractivity contribution >= 4 is 0 Å². The molecule has 6 N–H and O–H groups in total. The van der Waals surface area contributed by atoms with Crippen LogP contribution in [0, 0.1) is 0 Å². The quantitative estimate of drug-likeness (QED) is 0.187. The van der Waals surface area contributed by atoms with Crippen molar-refractivity contribution in [3.8, 4) is 11.5 Å². The van der Waals surface area contributed by atoms with Crippen molar-refractivity contribution in [3.63, 3.8) is 0 Å². The Morgan fingerprint density at radius 3 is 1.14 bits per heavy atom. The van der Waals surface area contributed by atoms with Gasteiger partial charge in [0.05, 0.1) is 0 Å². The monoisotopic (exact) mass is 547 g/mol. The van der Waals surface area contributed by atoms with Crippen LogP contribution in [0.3, 0.4) is 0 Å². The normalized spacial score (nSPS) is 10.3. The van der Waals surface area contributed by atoms with Crippen LogP contribution in [-0.4, -0.2) is 21.2 Å². The van der Waals surface area contributed by atoms with Crippen LogP contribution in [0.2, 0.25) is 0 Å². The summed E-state index contributed by atoms with van der Waals surface area (Å²) in [6.07, 6.45) is 20.3. The first-order chi connectivity index (χ1) is 16.2. The standard InChI is InChI=1S/C31H48O2.Co.2H2O/c1-3-5-7-9-11-13-15-19-26-21-17-23-28(30(26)32)25-29-24-18-22-27(31(29)33)20-16-14-12-10-8-6-4-2;;;/h17-18,21-24,32-33H,3-16,19-20,25H2,1-2H3;;2*1H2. The van der Waals surface area contributed by atoms with E-state index in [4.69, 9.17) is 0 Å². The summed E-state index contributed by atoms with van der Waals surface area (Å²) in [4.78, 5) is 0. The average Bonchev–Trinajstić information content (AvgIpc) is 2.82. The Morgan fingerprint density at radius 1 is 0.472 bits per heavy atom. The number of para-hydroxylation sites is 2.